The second kappa shape index (κ2) is 8.38. The van der Waals surface area contributed by atoms with Crippen LogP contribution < -0.4 is 9.64 Å². The van der Waals surface area contributed by atoms with Crippen molar-refractivity contribution < 1.29 is 19.4 Å². The number of methoxy groups -OCH3 is 1. The second-order valence-corrected chi connectivity index (χ2v) is 10.3. The third-order valence-corrected chi connectivity index (χ3v) is 8.84. The van der Waals surface area contributed by atoms with Crippen molar-refractivity contribution in [2.24, 2.45) is 23.2 Å². The zero-order valence-corrected chi connectivity index (χ0v) is 19.5. The van der Waals surface area contributed by atoms with Crippen LogP contribution >= 0.6 is 0 Å². The fourth-order valence-electron chi connectivity index (χ4n) is 6.53. The van der Waals surface area contributed by atoms with Crippen LogP contribution in [0.4, 0.5) is 5.69 Å². The Labute approximate surface area is 191 Å². The molecule has 6 atom stereocenters. The van der Waals surface area contributed by atoms with Crippen molar-refractivity contribution in [1.82, 2.24) is 4.90 Å². The fourth-order valence-corrected chi connectivity index (χ4v) is 6.53. The van der Waals surface area contributed by atoms with E-state index in [9.17, 15) is 9.90 Å². The SMILES string of the molecule is COc1ccc(N2CCN(CC3C(=O)OC4CC5=CCCC(C)C5(C)C(O)C43)CC2)cc1. The topological polar surface area (TPSA) is 62.2 Å². The van der Waals surface area contributed by atoms with Crippen molar-refractivity contribution in [3.8, 4) is 5.75 Å². The summed E-state index contributed by atoms with van der Waals surface area (Å²) < 4.78 is 11.1. The highest BCUT2D eigenvalue weighted by Gasteiger charge is 2.59. The molecular weight excluding hydrogens is 404 g/mol. The second-order valence-electron chi connectivity index (χ2n) is 10.3. The molecule has 0 aromatic heterocycles. The number of anilines is 1. The molecule has 1 aromatic carbocycles. The molecule has 174 valence electrons. The molecule has 6 unspecified atom stereocenters. The van der Waals surface area contributed by atoms with E-state index in [1.165, 1.54) is 11.3 Å². The number of hydrogen-bond acceptors (Lipinski definition) is 6. The number of allylic oxidation sites excluding steroid dienone is 1. The maximum atomic E-state index is 12.9. The molecule has 1 N–H and O–H groups in total. The summed E-state index contributed by atoms with van der Waals surface area (Å²) in [6.07, 6.45) is 4.54. The zero-order valence-electron chi connectivity index (χ0n) is 19.5. The van der Waals surface area contributed by atoms with Gasteiger partial charge >= 0.3 is 5.97 Å². The van der Waals surface area contributed by atoms with Gasteiger partial charge < -0.3 is 19.5 Å². The molecule has 0 radical (unpaired) electrons. The number of nitrogens with zero attached hydrogens (tertiary/aromatic N) is 2. The number of ether oxygens (including phenoxy) is 2. The minimum absolute atomic E-state index is 0.107. The van der Waals surface area contributed by atoms with Crippen LogP contribution in [0.2, 0.25) is 0 Å². The van der Waals surface area contributed by atoms with E-state index >= 15 is 0 Å². The molecule has 2 heterocycles. The van der Waals surface area contributed by atoms with E-state index < -0.39 is 6.10 Å². The Morgan fingerprint density at radius 2 is 1.91 bits per heavy atom. The van der Waals surface area contributed by atoms with Crippen molar-refractivity contribution in [2.45, 2.75) is 45.3 Å². The highest BCUT2D eigenvalue weighted by atomic mass is 16.6. The Kier molecular flexibility index (Phi) is 5.70. The van der Waals surface area contributed by atoms with E-state index in [1.54, 1.807) is 7.11 Å². The van der Waals surface area contributed by atoms with Crippen LogP contribution in [0.3, 0.4) is 0 Å². The van der Waals surface area contributed by atoms with Crippen molar-refractivity contribution in [2.75, 3.05) is 44.7 Å². The molecule has 2 aliphatic heterocycles. The van der Waals surface area contributed by atoms with Crippen molar-refractivity contribution in [3.63, 3.8) is 0 Å². The lowest BCUT2D eigenvalue weighted by Gasteiger charge is -2.52. The van der Waals surface area contributed by atoms with Crippen molar-refractivity contribution in [1.29, 1.82) is 0 Å². The van der Waals surface area contributed by atoms with Crippen LogP contribution in [0.15, 0.2) is 35.9 Å². The van der Waals surface area contributed by atoms with Gasteiger partial charge in [-0.2, -0.15) is 0 Å². The largest absolute Gasteiger partial charge is 0.497 e. The highest BCUT2D eigenvalue weighted by Crippen LogP contribution is 2.56. The maximum absolute atomic E-state index is 12.9. The molecular formula is C26H36N2O4. The third kappa shape index (κ3) is 3.52. The molecule has 5 rings (SSSR count). The molecule has 4 aliphatic rings. The predicted octanol–water partition coefficient (Wildman–Crippen LogP) is 3.10. The van der Waals surface area contributed by atoms with E-state index in [0.717, 1.165) is 51.2 Å². The zero-order chi connectivity index (χ0) is 22.5. The molecule has 32 heavy (non-hydrogen) atoms. The Morgan fingerprint density at radius 3 is 2.59 bits per heavy atom. The smallest absolute Gasteiger partial charge is 0.311 e. The number of esters is 1. The average molecular weight is 441 g/mol. The summed E-state index contributed by atoms with van der Waals surface area (Å²) in [6.45, 7) is 8.79. The molecule has 0 amide bonds. The predicted molar refractivity (Wildman–Crippen MR) is 124 cm³/mol. The summed E-state index contributed by atoms with van der Waals surface area (Å²) in [4.78, 5) is 17.6. The van der Waals surface area contributed by atoms with Crippen LogP contribution in [-0.2, 0) is 9.53 Å². The summed E-state index contributed by atoms with van der Waals surface area (Å²) in [5, 5.41) is 11.5. The molecule has 0 spiro atoms. The highest BCUT2D eigenvalue weighted by molar-refractivity contribution is 5.76. The number of carbonyl (C=O) groups is 1. The monoisotopic (exact) mass is 440 g/mol. The van der Waals surface area contributed by atoms with Crippen LogP contribution in [0.25, 0.3) is 0 Å². The van der Waals surface area contributed by atoms with Gasteiger partial charge in [0.05, 0.1) is 19.1 Å². The van der Waals surface area contributed by atoms with Gasteiger partial charge in [0.15, 0.2) is 0 Å². The van der Waals surface area contributed by atoms with E-state index in [4.69, 9.17) is 9.47 Å². The normalized spacial score (nSPS) is 37.4. The minimum Gasteiger partial charge on any atom is -0.497 e. The van der Waals surface area contributed by atoms with Gasteiger partial charge in [0, 0.05) is 56.2 Å². The number of carbonyl (C=O) groups excluding carboxylic acids is 1. The standard InChI is InChI=1S/C26H36N2O4/c1-17-5-4-6-18-15-22-23(24(29)26(17,18)2)21(25(30)32-22)16-27-11-13-28(14-12-27)19-7-9-20(31-3)10-8-19/h6-10,17,21-24,29H,4-5,11-16H2,1-3H3. The lowest BCUT2D eigenvalue weighted by molar-refractivity contribution is -0.145. The lowest BCUT2D eigenvalue weighted by atomic mass is 9.55. The summed E-state index contributed by atoms with van der Waals surface area (Å²) in [7, 11) is 1.68. The van der Waals surface area contributed by atoms with Crippen LogP contribution in [0.5, 0.6) is 5.75 Å². The molecule has 2 aliphatic carbocycles. The summed E-state index contributed by atoms with van der Waals surface area (Å²) in [5.74, 6) is 0.821. The van der Waals surface area contributed by atoms with Gasteiger partial charge in [-0.05, 0) is 43.0 Å². The van der Waals surface area contributed by atoms with Crippen molar-refractivity contribution >= 4 is 11.7 Å². The fraction of sp³-hybridized carbons (Fsp3) is 0.654. The van der Waals surface area contributed by atoms with Gasteiger partial charge in [-0.3, -0.25) is 9.69 Å². The number of rotatable bonds is 4. The first-order valence-electron chi connectivity index (χ1n) is 12.1. The Bertz CT molecular complexity index is 876. The molecule has 1 aromatic rings. The van der Waals surface area contributed by atoms with Gasteiger partial charge in [0.1, 0.15) is 11.9 Å². The van der Waals surface area contributed by atoms with E-state index in [0.29, 0.717) is 12.5 Å². The van der Waals surface area contributed by atoms with Crippen LogP contribution in [0.1, 0.15) is 33.1 Å². The number of hydrogen-bond donors (Lipinski definition) is 1. The molecule has 6 heteroatoms. The maximum Gasteiger partial charge on any atom is 0.311 e. The average Bonchev–Trinajstić information content (AvgIpc) is 3.11. The van der Waals surface area contributed by atoms with E-state index in [-0.39, 0.29) is 29.3 Å². The Hall–Kier alpha value is -2.05. The van der Waals surface area contributed by atoms with Gasteiger partial charge in [-0.15, -0.1) is 0 Å². The number of piperazine rings is 1. The number of aliphatic hydroxyl groups is 1. The quantitative estimate of drug-likeness (QED) is 0.574. The molecule has 6 nitrogen and oxygen atoms in total. The number of aliphatic hydroxyl groups excluding tert-OH is 1. The number of benzene rings is 1. The van der Waals surface area contributed by atoms with Crippen molar-refractivity contribution in [3.05, 3.63) is 35.9 Å². The van der Waals surface area contributed by atoms with Gasteiger partial charge in [-0.1, -0.05) is 25.5 Å². The third-order valence-electron chi connectivity index (χ3n) is 8.84. The lowest BCUT2D eigenvalue weighted by Crippen LogP contribution is -2.55. The first-order chi connectivity index (χ1) is 15.4. The molecule has 3 fully saturated rings. The summed E-state index contributed by atoms with van der Waals surface area (Å²) >= 11 is 0. The molecule has 0 bridgehead atoms. The minimum atomic E-state index is -0.528. The van der Waals surface area contributed by atoms with Gasteiger partial charge in [0.25, 0.3) is 0 Å². The van der Waals surface area contributed by atoms with E-state index in [1.807, 2.05) is 12.1 Å². The van der Waals surface area contributed by atoms with Gasteiger partial charge in [-0.25, -0.2) is 0 Å². The Morgan fingerprint density at radius 1 is 1.19 bits per heavy atom. The number of fused-ring (bicyclic) bond motifs is 2. The van der Waals surface area contributed by atoms with E-state index in [2.05, 4.69) is 41.9 Å². The summed E-state index contributed by atoms with van der Waals surface area (Å²) in [5.41, 5.74) is 2.26. The first-order valence-corrected chi connectivity index (χ1v) is 12.1. The summed E-state index contributed by atoms with van der Waals surface area (Å²) in [6, 6.07) is 8.19. The molecule has 1 saturated carbocycles. The van der Waals surface area contributed by atoms with Crippen LogP contribution in [0, 0.1) is 23.2 Å². The molecule has 2 saturated heterocycles. The Balaban J connectivity index is 1.25. The first kappa shape index (κ1) is 21.8. The van der Waals surface area contributed by atoms with Crippen LogP contribution in [-0.4, -0.2) is 68.0 Å². The van der Waals surface area contributed by atoms with Gasteiger partial charge in [0.2, 0.25) is 0 Å².